The Morgan fingerprint density at radius 3 is 2.50 bits per heavy atom. The second-order valence-electron chi connectivity index (χ2n) is 3.39. The highest BCUT2D eigenvalue weighted by molar-refractivity contribution is 5.66. The van der Waals surface area contributed by atoms with Gasteiger partial charge in [-0.1, -0.05) is 0 Å². The summed E-state index contributed by atoms with van der Waals surface area (Å²) < 4.78 is 27.3. The van der Waals surface area contributed by atoms with E-state index in [2.05, 4.69) is 9.47 Å². The molecule has 0 aliphatic carbocycles. The number of esters is 2. The van der Waals surface area contributed by atoms with Crippen LogP contribution in [0.25, 0.3) is 0 Å². The van der Waals surface area contributed by atoms with E-state index in [1.165, 1.54) is 6.92 Å². The number of alkyl halides is 1. The molecule has 7 heteroatoms. The third-order valence-electron chi connectivity index (χ3n) is 2.02. The van der Waals surface area contributed by atoms with Gasteiger partial charge in [0.05, 0.1) is 0 Å². The molecule has 3 unspecified atom stereocenters. The first-order valence-corrected chi connectivity index (χ1v) is 4.70. The molecule has 1 N–H and O–H groups in total. The summed E-state index contributed by atoms with van der Waals surface area (Å²) in [5, 5.41) is 9.09. The van der Waals surface area contributed by atoms with Crippen molar-refractivity contribution >= 4 is 11.9 Å². The zero-order valence-electron chi connectivity index (χ0n) is 8.88. The topological polar surface area (TPSA) is 82.1 Å². The molecule has 1 saturated heterocycles. The van der Waals surface area contributed by atoms with Crippen LogP contribution in [-0.4, -0.2) is 48.3 Å². The second kappa shape index (κ2) is 5.22. The molecule has 16 heavy (non-hydrogen) atoms. The highest BCUT2D eigenvalue weighted by atomic mass is 19.1. The standard InChI is InChI=1S/C9H13FO6/c1-4(11)14-3-6-8(15-5(2)12)7(10)9(13)16-6/h6-9,13H,3H2,1-2H3/t6-,7?,8?,9?/m1/s1. The minimum Gasteiger partial charge on any atom is -0.463 e. The lowest BCUT2D eigenvalue weighted by Gasteiger charge is -2.18. The van der Waals surface area contributed by atoms with Crippen LogP contribution in [0.4, 0.5) is 4.39 Å². The molecule has 92 valence electrons. The van der Waals surface area contributed by atoms with E-state index in [-0.39, 0.29) is 6.61 Å². The largest absolute Gasteiger partial charge is 0.463 e. The van der Waals surface area contributed by atoms with E-state index in [1.54, 1.807) is 0 Å². The van der Waals surface area contributed by atoms with Crippen LogP contribution in [0.2, 0.25) is 0 Å². The molecule has 0 amide bonds. The monoisotopic (exact) mass is 236 g/mol. The van der Waals surface area contributed by atoms with Gasteiger partial charge >= 0.3 is 11.9 Å². The molecule has 4 atom stereocenters. The van der Waals surface area contributed by atoms with Crippen LogP contribution in [0.5, 0.6) is 0 Å². The van der Waals surface area contributed by atoms with E-state index < -0.39 is 36.6 Å². The van der Waals surface area contributed by atoms with Crippen LogP contribution in [0.3, 0.4) is 0 Å². The van der Waals surface area contributed by atoms with Crippen molar-refractivity contribution in [2.24, 2.45) is 0 Å². The molecule has 0 radical (unpaired) electrons. The van der Waals surface area contributed by atoms with Gasteiger partial charge in [-0.3, -0.25) is 9.59 Å². The lowest BCUT2D eigenvalue weighted by molar-refractivity contribution is -0.159. The van der Waals surface area contributed by atoms with Crippen molar-refractivity contribution in [3.63, 3.8) is 0 Å². The van der Waals surface area contributed by atoms with Gasteiger partial charge in [0.1, 0.15) is 12.7 Å². The lowest BCUT2D eigenvalue weighted by atomic mass is 10.1. The SMILES string of the molecule is CC(=O)OC[C@H]1OC(O)C(F)C1OC(C)=O. The van der Waals surface area contributed by atoms with E-state index in [1.807, 2.05) is 0 Å². The van der Waals surface area contributed by atoms with Crippen molar-refractivity contribution in [2.75, 3.05) is 6.61 Å². The first-order chi connectivity index (χ1) is 7.41. The van der Waals surface area contributed by atoms with Crippen LogP contribution in [-0.2, 0) is 23.8 Å². The number of carbonyl (C=O) groups is 2. The summed E-state index contributed by atoms with van der Waals surface area (Å²) in [5.41, 5.74) is 0. The maximum Gasteiger partial charge on any atom is 0.303 e. The smallest absolute Gasteiger partial charge is 0.303 e. The number of carbonyl (C=O) groups excluding carboxylic acids is 2. The number of aliphatic hydroxyl groups excluding tert-OH is 1. The van der Waals surface area contributed by atoms with Gasteiger partial charge in [-0.05, 0) is 0 Å². The molecule has 0 saturated carbocycles. The van der Waals surface area contributed by atoms with Gasteiger partial charge in [-0.15, -0.1) is 0 Å². The van der Waals surface area contributed by atoms with Crippen LogP contribution in [0.15, 0.2) is 0 Å². The Morgan fingerprint density at radius 2 is 2.00 bits per heavy atom. The van der Waals surface area contributed by atoms with E-state index in [0.717, 1.165) is 6.92 Å². The zero-order valence-corrected chi connectivity index (χ0v) is 8.88. The molecule has 1 aliphatic heterocycles. The van der Waals surface area contributed by atoms with Gasteiger partial charge in [-0.25, -0.2) is 4.39 Å². The van der Waals surface area contributed by atoms with Crippen molar-refractivity contribution in [1.29, 1.82) is 0 Å². The van der Waals surface area contributed by atoms with Crippen LogP contribution in [0, 0.1) is 0 Å². The molecule has 1 aliphatic rings. The average Bonchev–Trinajstić information content (AvgIpc) is 2.42. The lowest BCUT2D eigenvalue weighted by Crippen LogP contribution is -2.36. The van der Waals surface area contributed by atoms with Gasteiger partial charge in [0.25, 0.3) is 0 Å². The van der Waals surface area contributed by atoms with Crippen molar-refractivity contribution in [3.8, 4) is 0 Å². The van der Waals surface area contributed by atoms with Crippen LogP contribution >= 0.6 is 0 Å². The normalized spacial score (nSPS) is 33.5. The van der Waals surface area contributed by atoms with E-state index in [9.17, 15) is 14.0 Å². The molecule has 0 aromatic rings. The van der Waals surface area contributed by atoms with Crippen LogP contribution in [0.1, 0.15) is 13.8 Å². The first kappa shape index (κ1) is 12.9. The summed E-state index contributed by atoms with van der Waals surface area (Å²) in [7, 11) is 0. The number of ether oxygens (including phenoxy) is 3. The highest BCUT2D eigenvalue weighted by Gasteiger charge is 2.47. The fraction of sp³-hybridized carbons (Fsp3) is 0.778. The zero-order chi connectivity index (χ0) is 12.3. The van der Waals surface area contributed by atoms with Crippen molar-refractivity contribution in [2.45, 2.75) is 38.5 Å². The van der Waals surface area contributed by atoms with Crippen LogP contribution < -0.4 is 0 Å². The van der Waals surface area contributed by atoms with Crippen molar-refractivity contribution in [1.82, 2.24) is 0 Å². The van der Waals surface area contributed by atoms with Gasteiger partial charge in [-0.2, -0.15) is 0 Å². The van der Waals surface area contributed by atoms with Gasteiger partial charge < -0.3 is 19.3 Å². The Balaban J connectivity index is 2.59. The Morgan fingerprint density at radius 1 is 1.38 bits per heavy atom. The fourth-order valence-electron chi connectivity index (χ4n) is 1.37. The van der Waals surface area contributed by atoms with Gasteiger partial charge in [0, 0.05) is 13.8 Å². The molecule has 1 heterocycles. The predicted molar refractivity (Wildman–Crippen MR) is 48.0 cm³/mol. The summed E-state index contributed by atoms with van der Waals surface area (Å²) in [5.74, 6) is -1.26. The summed E-state index contributed by atoms with van der Waals surface area (Å²) in [4.78, 5) is 21.3. The number of hydrogen-bond acceptors (Lipinski definition) is 6. The summed E-state index contributed by atoms with van der Waals surface area (Å²) in [6.07, 6.45) is -5.76. The first-order valence-electron chi connectivity index (χ1n) is 4.70. The highest BCUT2D eigenvalue weighted by Crippen LogP contribution is 2.25. The second-order valence-corrected chi connectivity index (χ2v) is 3.39. The molecule has 1 fully saturated rings. The Hall–Kier alpha value is -1.21. The van der Waals surface area contributed by atoms with Gasteiger partial charge in [0.15, 0.2) is 18.6 Å². The van der Waals surface area contributed by atoms with Crippen molar-refractivity contribution in [3.05, 3.63) is 0 Å². The minimum atomic E-state index is -1.84. The maximum absolute atomic E-state index is 13.3. The minimum absolute atomic E-state index is 0.273. The Kier molecular flexibility index (Phi) is 4.19. The fourth-order valence-corrected chi connectivity index (χ4v) is 1.37. The average molecular weight is 236 g/mol. The van der Waals surface area contributed by atoms with Gasteiger partial charge in [0.2, 0.25) is 0 Å². The summed E-state index contributed by atoms with van der Waals surface area (Å²) in [6.45, 7) is 2.02. The third-order valence-corrected chi connectivity index (χ3v) is 2.02. The molecule has 0 spiro atoms. The predicted octanol–water partition coefficient (Wildman–Crippen LogP) is -0.464. The number of rotatable bonds is 3. The molecule has 6 nitrogen and oxygen atoms in total. The quantitative estimate of drug-likeness (QED) is 0.667. The molecule has 0 bridgehead atoms. The molecule has 0 aromatic carbocycles. The molecular formula is C9H13FO6. The Bertz CT molecular complexity index is 281. The molecule has 0 aromatic heterocycles. The Labute approximate surface area is 91.3 Å². The summed E-state index contributed by atoms with van der Waals surface area (Å²) in [6, 6.07) is 0. The van der Waals surface area contributed by atoms with E-state index in [4.69, 9.17) is 9.84 Å². The molecule has 1 rings (SSSR count). The molecular weight excluding hydrogens is 223 g/mol. The maximum atomic E-state index is 13.3. The number of hydrogen-bond donors (Lipinski definition) is 1. The van der Waals surface area contributed by atoms with E-state index in [0.29, 0.717) is 0 Å². The summed E-state index contributed by atoms with van der Waals surface area (Å²) >= 11 is 0. The number of halogens is 1. The van der Waals surface area contributed by atoms with Crippen molar-refractivity contribution < 1.29 is 33.3 Å². The third kappa shape index (κ3) is 3.14. The van der Waals surface area contributed by atoms with E-state index >= 15 is 0 Å². The number of aliphatic hydroxyl groups is 1.